The summed E-state index contributed by atoms with van der Waals surface area (Å²) in [6.07, 6.45) is 0. The number of ether oxygens (including phenoxy) is 2. The molecule has 0 N–H and O–H groups in total. The molecule has 0 fully saturated rings. The molecule has 0 bridgehead atoms. The number of hydrogen-bond acceptors (Lipinski definition) is 5. The molecule has 0 saturated heterocycles. The minimum Gasteiger partial charge on any atom is -0.468 e. The fourth-order valence-electron chi connectivity index (χ4n) is 1.78. The summed E-state index contributed by atoms with van der Waals surface area (Å²) in [4.78, 5) is 35.4. The van der Waals surface area contributed by atoms with Crippen molar-refractivity contribution in [3.05, 3.63) is 35.9 Å². The van der Waals surface area contributed by atoms with Crippen molar-refractivity contribution < 1.29 is 23.9 Å². The minimum atomic E-state index is -1.25. The van der Waals surface area contributed by atoms with Crippen LogP contribution in [0.3, 0.4) is 0 Å². The van der Waals surface area contributed by atoms with Gasteiger partial charge in [0.1, 0.15) is 0 Å². The third-order valence-electron chi connectivity index (χ3n) is 2.88. The average molecular weight is 264 g/mol. The molecule has 5 nitrogen and oxygen atoms in total. The van der Waals surface area contributed by atoms with Gasteiger partial charge in [-0.15, -0.1) is 0 Å². The van der Waals surface area contributed by atoms with E-state index in [2.05, 4.69) is 9.47 Å². The summed E-state index contributed by atoms with van der Waals surface area (Å²) in [5.74, 6) is -3.95. The highest BCUT2D eigenvalue weighted by Crippen LogP contribution is 2.20. The van der Waals surface area contributed by atoms with Crippen molar-refractivity contribution in [2.75, 3.05) is 14.2 Å². The molecule has 0 saturated carbocycles. The Morgan fingerprint density at radius 3 is 1.84 bits per heavy atom. The van der Waals surface area contributed by atoms with Crippen molar-refractivity contribution in [3.8, 4) is 0 Å². The highest BCUT2D eigenvalue weighted by Gasteiger charge is 2.38. The van der Waals surface area contributed by atoms with Crippen molar-refractivity contribution in [1.29, 1.82) is 0 Å². The largest absolute Gasteiger partial charge is 0.468 e. The molecule has 1 aromatic rings. The zero-order chi connectivity index (χ0) is 14.4. The molecule has 0 radical (unpaired) electrons. The second kappa shape index (κ2) is 6.68. The first kappa shape index (κ1) is 14.9. The molecule has 0 aromatic heterocycles. The molecule has 1 atom stereocenters. The number of ketones is 1. The Labute approximate surface area is 111 Å². The van der Waals surface area contributed by atoms with Crippen LogP contribution in [0.4, 0.5) is 0 Å². The van der Waals surface area contributed by atoms with Crippen LogP contribution in [0.5, 0.6) is 0 Å². The summed E-state index contributed by atoms with van der Waals surface area (Å²) in [6.45, 7) is 1.51. The lowest BCUT2D eigenvalue weighted by Crippen LogP contribution is -2.36. The van der Waals surface area contributed by atoms with Gasteiger partial charge in [0.25, 0.3) is 0 Å². The molecule has 0 aliphatic heterocycles. The standard InChI is InChI=1S/C14H16O5/c1-9(11(13(16)18-2)14(17)19-3)12(15)10-7-5-4-6-8-10/h4-9,11H,1-3H3. The van der Waals surface area contributed by atoms with Crippen molar-refractivity contribution in [2.45, 2.75) is 6.92 Å². The molecule has 0 amide bonds. The Balaban J connectivity index is 3.00. The van der Waals surface area contributed by atoms with Gasteiger partial charge in [0.05, 0.1) is 14.2 Å². The SMILES string of the molecule is COC(=O)C(C(=O)OC)C(C)C(=O)c1ccccc1. The fourth-order valence-corrected chi connectivity index (χ4v) is 1.78. The molecule has 102 valence electrons. The highest BCUT2D eigenvalue weighted by molar-refractivity contribution is 6.05. The van der Waals surface area contributed by atoms with E-state index in [-0.39, 0.29) is 5.78 Å². The summed E-state index contributed by atoms with van der Waals surface area (Å²) < 4.78 is 9.10. The van der Waals surface area contributed by atoms with E-state index in [0.29, 0.717) is 5.56 Å². The molecule has 0 spiro atoms. The summed E-state index contributed by atoms with van der Waals surface area (Å²) in [6, 6.07) is 8.46. The number of methoxy groups -OCH3 is 2. The van der Waals surface area contributed by atoms with Gasteiger partial charge in [0.2, 0.25) is 0 Å². The second-order valence-corrected chi connectivity index (χ2v) is 4.04. The van der Waals surface area contributed by atoms with Gasteiger partial charge < -0.3 is 9.47 Å². The maximum atomic E-state index is 12.2. The Bertz CT molecular complexity index is 450. The Morgan fingerprint density at radius 2 is 1.42 bits per heavy atom. The Hall–Kier alpha value is -2.17. The van der Waals surface area contributed by atoms with Crippen molar-refractivity contribution >= 4 is 17.7 Å². The molecule has 1 rings (SSSR count). The normalized spacial score (nSPS) is 11.8. The molecule has 19 heavy (non-hydrogen) atoms. The molecule has 0 aliphatic rings. The lowest BCUT2D eigenvalue weighted by molar-refractivity contribution is -0.160. The zero-order valence-corrected chi connectivity index (χ0v) is 11.1. The molecule has 0 heterocycles. The fraction of sp³-hybridized carbons (Fsp3) is 0.357. The van der Waals surface area contributed by atoms with E-state index in [4.69, 9.17) is 0 Å². The van der Waals surface area contributed by atoms with Gasteiger partial charge in [0.15, 0.2) is 11.7 Å². The molecule has 0 aliphatic carbocycles. The number of hydrogen-bond donors (Lipinski definition) is 0. The van der Waals surface area contributed by atoms with Crippen LogP contribution in [0.2, 0.25) is 0 Å². The van der Waals surface area contributed by atoms with Crippen LogP contribution in [-0.4, -0.2) is 31.9 Å². The number of carbonyl (C=O) groups is 3. The minimum absolute atomic E-state index is 0.304. The maximum Gasteiger partial charge on any atom is 0.320 e. The number of rotatable bonds is 5. The number of esters is 2. The quantitative estimate of drug-likeness (QED) is 0.457. The molecular weight excluding hydrogens is 248 g/mol. The highest BCUT2D eigenvalue weighted by atomic mass is 16.5. The van der Waals surface area contributed by atoms with Crippen molar-refractivity contribution in [2.24, 2.45) is 11.8 Å². The predicted octanol–water partition coefficient (Wildman–Crippen LogP) is 1.47. The van der Waals surface area contributed by atoms with Gasteiger partial charge in [0, 0.05) is 11.5 Å². The lowest BCUT2D eigenvalue weighted by Gasteiger charge is -2.18. The van der Waals surface area contributed by atoms with Crippen LogP contribution in [-0.2, 0) is 19.1 Å². The number of benzene rings is 1. The summed E-state index contributed by atoms with van der Waals surface area (Å²) in [5.41, 5.74) is 0.438. The second-order valence-electron chi connectivity index (χ2n) is 4.04. The summed E-state index contributed by atoms with van der Waals surface area (Å²) in [7, 11) is 2.33. The van der Waals surface area contributed by atoms with E-state index in [1.807, 2.05) is 0 Å². The Kier molecular flexibility index (Phi) is 5.23. The first-order chi connectivity index (χ1) is 9.02. The van der Waals surface area contributed by atoms with Gasteiger partial charge >= 0.3 is 11.9 Å². The van der Waals surface area contributed by atoms with Gasteiger partial charge in [-0.25, -0.2) is 0 Å². The van der Waals surface area contributed by atoms with E-state index < -0.39 is 23.8 Å². The van der Waals surface area contributed by atoms with Crippen LogP contribution in [0.25, 0.3) is 0 Å². The third-order valence-corrected chi connectivity index (χ3v) is 2.88. The van der Waals surface area contributed by atoms with E-state index in [1.165, 1.54) is 6.92 Å². The molecule has 1 unspecified atom stereocenters. The van der Waals surface area contributed by atoms with E-state index in [0.717, 1.165) is 14.2 Å². The van der Waals surface area contributed by atoms with Gasteiger partial charge in [-0.1, -0.05) is 37.3 Å². The summed E-state index contributed by atoms with van der Waals surface area (Å²) >= 11 is 0. The molecular formula is C14H16O5. The van der Waals surface area contributed by atoms with Gasteiger partial charge in [-0.05, 0) is 0 Å². The number of Topliss-reactive ketones (excluding diaryl/α,β-unsaturated/α-hetero) is 1. The van der Waals surface area contributed by atoms with E-state index in [9.17, 15) is 14.4 Å². The zero-order valence-electron chi connectivity index (χ0n) is 11.1. The molecule has 1 aromatic carbocycles. The first-order valence-electron chi connectivity index (χ1n) is 5.77. The van der Waals surface area contributed by atoms with Crippen molar-refractivity contribution in [1.82, 2.24) is 0 Å². The van der Waals surface area contributed by atoms with E-state index >= 15 is 0 Å². The van der Waals surface area contributed by atoms with Crippen LogP contribution >= 0.6 is 0 Å². The summed E-state index contributed by atoms with van der Waals surface area (Å²) in [5, 5.41) is 0. The predicted molar refractivity (Wildman–Crippen MR) is 67.5 cm³/mol. The monoisotopic (exact) mass is 264 g/mol. The average Bonchev–Trinajstić information content (AvgIpc) is 2.46. The van der Waals surface area contributed by atoms with Crippen LogP contribution in [0, 0.1) is 11.8 Å². The smallest absolute Gasteiger partial charge is 0.320 e. The maximum absolute atomic E-state index is 12.2. The topological polar surface area (TPSA) is 69.7 Å². The van der Waals surface area contributed by atoms with Crippen LogP contribution in [0.15, 0.2) is 30.3 Å². The van der Waals surface area contributed by atoms with Crippen molar-refractivity contribution in [3.63, 3.8) is 0 Å². The molecule has 5 heteroatoms. The lowest BCUT2D eigenvalue weighted by atomic mass is 9.87. The first-order valence-corrected chi connectivity index (χ1v) is 5.77. The Morgan fingerprint density at radius 1 is 0.947 bits per heavy atom. The van der Waals surface area contributed by atoms with E-state index in [1.54, 1.807) is 30.3 Å². The third kappa shape index (κ3) is 3.40. The van der Waals surface area contributed by atoms with Crippen LogP contribution in [0.1, 0.15) is 17.3 Å². The van der Waals surface area contributed by atoms with Gasteiger partial charge in [-0.3, -0.25) is 14.4 Å². The van der Waals surface area contributed by atoms with Gasteiger partial charge in [-0.2, -0.15) is 0 Å². The van der Waals surface area contributed by atoms with Crippen LogP contribution < -0.4 is 0 Å². The number of carbonyl (C=O) groups excluding carboxylic acids is 3.